The topological polar surface area (TPSA) is 52.8 Å². The van der Waals surface area contributed by atoms with Crippen molar-refractivity contribution < 1.29 is 14.4 Å². The number of nitrogens with zero attached hydrogens (tertiary/aromatic N) is 2. The lowest BCUT2D eigenvalue weighted by Gasteiger charge is -2.30. The lowest BCUT2D eigenvalue weighted by Crippen LogP contribution is -3.13. The lowest BCUT2D eigenvalue weighted by atomic mass is 10.0. The fourth-order valence-electron chi connectivity index (χ4n) is 5.16. The average Bonchev–Trinajstić information content (AvgIpc) is 3.28. The van der Waals surface area contributed by atoms with Crippen LogP contribution in [-0.4, -0.2) is 49.4 Å². The maximum Gasteiger partial charge on any atom is 0.204 e. The molecule has 1 aliphatic heterocycles. The fourth-order valence-corrected chi connectivity index (χ4v) is 5.16. The molecule has 1 fully saturated rings. The van der Waals surface area contributed by atoms with E-state index >= 15 is 0 Å². The second-order valence-electron chi connectivity index (χ2n) is 9.69. The minimum Gasteiger partial charge on any atom is -0.497 e. The van der Waals surface area contributed by atoms with Gasteiger partial charge in [-0.25, -0.2) is 4.98 Å². The minimum absolute atomic E-state index is 0.464. The highest BCUT2D eigenvalue weighted by atomic mass is 16.5. The van der Waals surface area contributed by atoms with Gasteiger partial charge in [0.15, 0.2) is 0 Å². The van der Waals surface area contributed by atoms with Gasteiger partial charge in [0, 0.05) is 31.8 Å². The monoisotopic (exact) mass is 485 g/mol. The molecule has 0 radical (unpaired) electrons. The summed E-state index contributed by atoms with van der Waals surface area (Å²) in [6.45, 7) is 4.46. The van der Waals surface area contributed by atoms with Crippen molar-refractivity contribution in [1.82, 2.24) is 9.55 Å². The number of aryl methyl sites for hydroxylation is 2. The largest absolute Gasteiger partial charge is 0.497 e. The number of para-hydroxylation sites is 2. The van der Waals surface area contributed by atoms with Crippen molar-refractivity contribution >= 4 is 17.0 Å². The number of fused-ring (bicyclic) bond motifs is 1. The molecular weight excluding hydrogens is 448 g/mol. The third-order valence-electron chi connectivity index (χ3n) is 7.39. The summed E-state index contributed by atoms with van der Waals surface area (Å²) in [7, 11) is 3.42. The van der Waals surface area contributed by atoms with Gasteiger partial charge in [0.1, 0.15) is 11.5 Å². The van der Waals surface area contributed by atoms with Crippen molar-refractivity contribution in [2.45, 2.75) is 38.3 Å². The molecule has 0 saturated carbocycles. The number of benzene rings is 3. The van der Waals surface area contributed by atoms with Crippen LogP contribution in [0.1, 0.15) is 24.0 Å². The molecule has 0 unspecified atom stereocenters. The molecule has 0 bridgehead atoms. The van der Waals surface area contributed by atoms with Gasteiger partial charge < -0.3 is 24.3 Å². The van der Waals surface area contributed by atoms with E-state index in [0.29, 0.717) is 6.04 Å². The van der Waals surface area contributed by atoms with Crippen LogP contribution >= 0.6 is 0 Å². The average molecular weight is 486 g/mol. The summed E-state index contributed by atoms with van der Waals surface area (Å²) in [5, 5.41) is 3.81. The van der Waals surface area contributed by atoms with Crippen LogP contribution in [0.3, 0.4) is 0 Å². The number of anilines is 1. The van der Waals surface area contributed by atoms with Crippen LogP contribution in [0, 0.1) is 0 Å². The van der Waals surface area contributed by atoms with Gasteiger partial charge in [-0.2, -0.15) is 0 Å². The Bertz CT molecular complexity index is 1240. The molecule has 1 saturated heterocycles. The molecule has 0 aliphatic carbocycles. The van der Waals surface area contributed by atoms with Gasteiger partial charge >= 0.3 is 0 Å². The van der Waals surface area contributed by atoms with Crippen LogP contribution in [0.4, 0.5) is 5.95 Å². The van der Waals surface area contributed by atoms with Crippen LogP contribution in [0.25, 0.3) is 11.0 Å². The lowest BCUT2D eigenvalue weighted by molar-refractivity contribution is -0.904. The molecule has 5 rings (SSSR count). The molecule has 4 aromatic rings. The molecule has 6 nitrogen and oxygen atoms in total. The van der Waals surface area contributed by atoms with E-state index in [0.717, 1.165) is 42.4 Å². The second kappa shape index (κ2) is 11.5. The number of methoxy groups -OCH3 is 2. The Balaban J connectivity index is 1.18. The molecule has 36 heavy (non-hydrogen) atoms. The number of nitrogens with one attached hydrogen (secondary N) is 2. The van der Waals surface area contributed by atoms with E-state index in [1.165, 1.54) is 49.1 Å². The quantitative estimate of drug-likeness (QED) is 0.357. The first-order valence-electron chi connectivity index (χ1n) is 13.0. The van der Waals surface area contributed by atoms with Crippen LogP contribution in [0.15, 0.2) is 72.8 Å². The highest BCUT2D eigenvalue weighted by molar-refractivity contribution is 5.78. The summed E-state index contributed by atoms with van der Waals surface area (Å²) in [5.74, 6) is 2.82. The fraction of sp³-hybridized carbons (Fsp3) is 0.367. The molecular formula is C30H37N4O2+. The second-order valence-corrected chi connectivity index (χ2v) is 9.69. The van der Waals surface area contributed by atoms with E-state index in [2.05, 4.69) is 70.5 Å². The minimum atomic E-state index is 0.464. The van der Waals surface area contributed by atoms with Gasteiger partial charge in [-0.15, -0.1) is 0 Å². The summed E-state index contributed by atoms with van der Waals surface area (Å²) in [6, 6.07) is 25.8. The first-order chi connectivity index (χ1) is 17.7. The van der Waals surface area contributed by atoms with Gasteiger partial charge in [0.25, 0.3) is 0 Å². The van der Waals surface area contributed by atoms with E-state index in [4.69, 9.17) is 14.5 Å². The van der Waals surface area contributed by atoms with Crippen LogP contribution in [0.2, 0.25) is 0 Å². The zero-order chi connectivity index (χ0) is 24.7. The normalized spacial score (nSPS) is 17.7. The molecule has 0 atom stereocenters. The van der Waals surface area contributed by atoms with Crippen LogP contribution in [-0.2, 0) is 19.4 Å². The highest BCUT2D eigenvalue weighted by Gasteiger charge is 2.23. The first kappa shape index (κ1) is 24.2. The molecule has 1 aliphatic rings. The zero-order valence-corrected chi connectivity index (χ0v) is 21.4. The van der Waals surface area contributed by atoms with E-state index in [1.54, 1.807) is 19.1 Å². The maximum absolute atomic E-state index is 5.30. The van der Waals surface area contributed by atoms with E-state index < -0.39 is 0 Å². The Hall–Kier alpha value is -3.51. The number of aromatic nitrogens is 2. The van der Waals surface area contributed by atoms with Crippen molar-refractivity contribution in [2.24, 2.45) is 0 Å². The molecule has 188 valence electrons. The van der Waals surface area contributed by atoms with E-state index in [-0.39, 0.29) is 0 Å². The number of likely N-dealkylation sites (tertiary alicyclic amines) is 1. The third-order valence-corrected chi connectivity index (χ3v) is 7.39. The zero-order valence-electron chi connectivity index (χ0n) is 21.4. The Morgan fingerprint density at radius 2 is 1.44 bits per heavy atom. The smallest absolute Gasteiger partial charge is 0.204 e. The highest BCUT2D eigenvalue weighted by Crippen LogP contribution is 2.22. The van der Waals surface area contributed by atoms with Gasteiger partial charge in [0.2, 0.25) is 5.95 Å². The summed E-state index contributed by atoms with van der Waals surface area (Å²) >= 11 is 0. The van der Waals surface area contributed by atoms with E-state index in [9.17, 15) is 0 Å². The molecule has 2 heterocycles. The van der Waals surface area contributed by atoms with Crippen molar-refractivity contribution in [3.05, 3.63) is 83.9 Å². The van der Waals surface area contributed by atoms with Crippen molar-refractivity contribution in [3.8, 4) is 11.5 Å². The van der Waals surface area contributed by atoms with Crippen molar-refractivity contribution in [3.63, 3.8) is 0 Å². The van der Waals surface area contributed by atoms with Gasteiger partial charge in [-0.1, -0.05) is 36.4 Å². The summed E-state index contributed by atoms with van der Waals surface area (Å²) < 4.78 is 12.9. The number of imidazole rings is 1. The number of hydrogen-bond donors (Lipinski definition) is 2. The number of quaternary nitrogens is 1. The standard InChI is InChI=1S/C30H36N4O2/c1-35-26-11-7-23(8-12-26)15-19-33-20-17-25(18-21-33)31-30-32-28-5-3-4-6-29(28)34(30)22-16-24-9-13-27(36-2)14-10-24/h3-14,25H,15-22H2,1-2H3,(H,31,32)/p+1. The Kier molecular flexibility index (Phi) is 7.72. The Morgan fingerprint density at radius 3 is 2.08 bits per heavy atom. The first-order valence-corrected chi connectivity index (χ1v) is 13.0. The van der Waals surface area contributed by atoms with Crippen molar-refractivity contribution in [2.75, 3.05) is 39.2 Å². The van der Waals surface area contributed by atoms with E-state index in [1.807, 2.05) is 12.1 Å². The predicted molar refractivity (Wildman–Crippen MR) is 145 cm³/mol. The van der Waals surface area contributed by atoms with Gasteiger partial charge in [-0.3, -0.25) is 0 Å². The number of hydrogen-bond acceptors (Lipinski definition) is 4. The SMILES string of the molecule is COc1ccc(CCn2c(NC3CC[NH+](CCc4ccc(OC)cc4)CC3)nc3ccccc32)cc1. The molecule has 6 heteroatoms. The van der Waals surface area contributed by atoms with Gasteiger partial charge in [0.05, 0.1) is 44.9 Å². The molecule has 3 aromatic carbocycles. The number of rotatable bonds is 10. The summed E-state index contributed by atoms with van der Waals surface area (Å²) in [4.78, 5) is 6.66. The van der Waals surface area contributed by atoms with Crippen LogP contribution < -0.4 is 19.7 Å². The summed E-state index contributed by atoms with van der Waals surface area (Å²) in [5.41, 5.74) is 4.93. The van der Waals surface area contributed by atoms with Gasteiger partial charge in [-0.05, 0) is 53.9 Å². The maximum atomic E-state index is 5.30. The van der Waals surface area contributed by atoms with Crippen LogP contribution in [0.5, 0.6) is 11.5 Å². The number of ether oxygens (including phenoxy) is 2. The Morgan fingerprint density at radius 1 is 0.833 bits per heavy atom. The van der Waals surface area contributed by atoms with Crippen molar-refractivity contribution in [1.29, 1.82) is 0 Å². The predicted octanol–water partition coefficient (Wildman–Crippen LogP) is 4.00. The molecule has 1 aromatic heterocycles. The molecule has 0 spiro atoms. The molecule has 2 N–H and O–H groups in total. The number of piperidine rings is 1. The summed E-state index contributed by atoms with van der Waals surface area (Å²) in [6.07, 6.45) is 4.39. The third kappa shape index (κ3) is 5.82. The Labute approximate surface area is 213 Å². The molecule has 0 amide bonds.